The van der Waals surface area contributed by atoms with Gasteiger partial charge < -0.3 is 10.3 Å². The van der Waals surface area contributed by atoms with Crippen LogP contribution < -0.4 is 5.73 Å². The number of primary amides is 1. The highest BCUT2D eigenvalue weighted by Gasteiger charge is 2.23. The van der Waals surface area contributed by atoms with Gasteiger partial charge in [-0.1, -0.05) is 67.3 Å². The van der Waals surface area contributed by atoms with E-state index in [4.69, 9.17) is 5.73 Å². The molecular formula is C25H31ClN2O. The van der Waals surface area contributed by atoms with Crippen LogP contribution in [0.3, 0.4) is 0 Å². The molecule has 0 radical (unpaired) electrons. The van der Waals surface area contributed by atoms with E-state index in [-0.39, 0.29) is 24.2 Å². The Hall–Kier alpha value is -2.26. The molecule has 1 saturated carbocycles. The third-order valence-electron chi connectivity index (χ3n) is 6.22. The molecule has 2 N–H and O–H groups in total. The zero-order chi connectivity index (χ0) is 19.5. The van der Waals surface area contributed by atoms with Crippen molar-refractivity contribution >= 4 is 29.2 Å². The monoisotopic (exact) mass is 410 g/mol. The number of carbonyl (C=O) groups excluding carboxylic acids is 1. The summed E-state index contributed by atoms with van der Waals surface area (Å²) in [5.41, 5.74) is 10.5. The second-order valence-electron chi connectivity index (χ2n) is 8.40. The van der Waals surface area contributed by atoms with Gasteiger partial charge in [0.2, 0.25) is 5.91 Å². The molecule has 1 unspecified atom stereocenters. The quantitative estimate of drug-likeness (QED) is 0.535. The number of fused-ring (bicyclic) bond motifs is 1. The first-order valence-electron chi connectivity index (χ1n) is 10.5. The summed E-state index contributed by atoms with van der Waals surface area (Å²) in [6.45, 7) is 3.16. The van der Waals surface area contributed by atoms with Crippen LogP contribution in [0.5, 0.6) is 0 Å². The molecule has 3 aromatic rings. The van der Waals surface area contributed by atoms with E-state index >= 15 is 0 Å². The Morgan fingerprint density at radius 3 is 2.59 bits per heavy atom. The molecule has 1 amide bonds. The second-order valence-corrected chi connectivity index (χ2v) is 8.40. The fourth-order valence-corrected chi connectivity index (χ4v) is 4.85. The van der Waals surface area contributed by atoms with E-state index in [1.807, 2.05) is 0 Å². The van der Waals surface area contributed by atoms with Crippen LogP contribution in [-0.2, 0) is 11.3 Å². The molecule has 0 spiro atoms. The summed E-state index contributed by atoms with van der Waals surface area (Å²) >= 11 is 0. The van der Waals surface area contributed by atoms with Crippen molar-refractivity contribution in [2.24, 2.45) is 11.7 Å². The summed E-state index contributed by atoms with van der Waals surface area (Å²) in [6, 6.07) is 17.1. The topological polar surface area (TPSA) is 48.0 Å². The lowest BCUT2D eigenvalue weighted by Gasteiger charge is -2.22. The number of aromatic nitrogens is 1. The van der Waals surface area contributed by atoms with Crippen LogP contribution in [0, 0.1) is 12.8 Å². The summed E-state index contributed by atoms with van der Waals surface area (Å²) in [5.74, 6) is 0.497. The molecule has 2 aromatic carbocycles. The summed E-state index contributed by atoms with van der Waals surface area (Å²) in [7, 11) is 0. The largest absolute Gasteiger partial charge is 0.370 e. The predicted octanol–water partition coefficient (Wildman–Crippen LogP) is 5.96. The molecule has 1 aromatic heterocycles. The zero-order valence-electron chi connectivity index (χ0n) is 17.1. The Morgan fingerprint density at radius 1 is 1.10 bits per heavy atom. The fourth-order valence-electron chi connectivity index (χ4n) is 4.85. The minimum absolute atomic E-state index is 0. The third-order valence-corrected chi connectivity index (χ3v) is 6.22. The molecule has 0 bridgehead atoms. The number of hydrogen-bond acceptors (Lipinski definition) is 1. The summed E-state index contributed by atoms with van der Waals surface area (Å²) in [6.07, 6.45) is 9.35. The van der Waals surface area contributed by atoms with E-state index in [0.29, 0.717) is 6.42 Å². The Balaban J connectivity index is 0.00000240. The molecule has 0 aliphatic heterocycles. The van der Waals surface area contributed by atoms with Crippen LogP contribution in [0.25, 0.3) is 10.9 Å². The maximum absolute atomic E-state index is 11.9. The van der Waals surface area contributed by atoms with Crippen LogP contribution in [0.4, 0.5) is 0 Å². The molecular weight excluding hydrogens is 380 g/mol. The lowest BCUT2D eigenvalue weighted by molar-refractivity contribution is -0.118. The van der Waals surface area contributed by atoms with Crippen molar-refractivity contribution in [1.29, 1.82) is 0 Å². The Bertz CT molecular complexity index is 972. The first-order chi connectivity index (χ1) is 13.6. The number of carbonyl (C=O) groups is 1. The molecule has 1 atom stereocenters. The van der Waals surface area contributed by atoms with Gasteiger partial charge in [-0.05, 0) is 42.9 Å². The lowest BCUT2D eigenvalue weighted by Crippen LogP contribution is -2.16. The predicted molar refractivity (Wildman–Crippen MR) is 123 cm³/mol. The average molecular weight is 411 g/mol. The summed E-state index contributed by atoms with van der Waals surface area (Å²) in [4.78, 5) is 11.9. The average Bonchev–Trinajstić information content (AvgIpc) is 3.05. The molecule has 4 heteroatoms. The van der Waals surface area contributed by atoms with Crippen molar-refractivity contribution in [2.45, 2.75) is 57.9 Å². The molecule has 154 valence electrons. The van der Waals surface area contributed by atoms with Gasteiger partial charge in [-0.2, -0.15) is 0 Å². The first-order valence-corrected chi connectivity index (χ1v) is 10.5. The fraction of sp³-hybridized carbons (Fsp3) is 0.400. The van der Waals surface area contributed by atoms with E-state index in [2.05, 4.69) is 66.2 Å². The van der Waals surface area contributed by atoms with Gasteiger partial charge in [0.15, 0.2) is 0 Å². The maximum Gasteiger partial charge on any atom is 0.218 e. The number of halogens is 1. The maximum atomic E-state index is 11.9. The minimum Gasteiger partial charge on any atom is -0.370 e. The van der Waals surface area contributed by atoms with E-state index in [1.165, 1.54) is 59.7 Å². The molecule has 3 nitrogen and oxygen atoms in total. The van der Waals surface area contributed by atoms with Gasteiger partial charge in [-0.15, -0.1) is 12.4 Å². The van der Waals surface area contributed by atoms with Crippen LogP contribution in [0.1, 0.15) is 61.1 Å². The van der Waals surface area contributed by atoms with Crippen molar-refractivity contribution < 1.29 is 4.79 Å². The standard InChI is InChI=1S/C25H30N2O.ClH/c1-18-8-7-11-20(14-18)22(15-25(26)28)23-17-27(16-19-9-3-2-4-10-19)24-13-6-5-12-21(23)24;/h5-8,11-14,17,19,22H,2-4,9-10,15-16H2,1H3,(H2,26,28);1H. The zero-order valence-corrected chi connectivity index (χ0v) is 18.0. The van der Waals surface area contributed by atoms with Gasteiger partial charge >= 0.3 is 0 Å². The number of para-hydroxylation sites is 1. The second kappa shape index (κ2) is 9.49. The molecule has 1 aliphatic rings. The van der Waals surface area contributed by atoms with Crippen molar-refractivity contribution in [1.82, 2.24) is 4.57 Å². The first kappa shape index (κ1) is 21.4. The summed E-state index contributed by atoms with van der Waals surface area (Å²) in [5, 5.41) is 1.24. The Morgan fingerprint density at radius 2 is 1.86 bits per heavy atom. The highest BCUT2D eigenvalue weighted by Crippen LogP contribution is 2.36. The van der Waals surface area contributed by atoms with E-state index in [0.717, 1.165) is 12.5 Å². The van der Waals surface area contributed by atoms with Crippen LogP contribution in [-0.4, -0.2) is 10.5 Å². The number of amides is 1. The minimum atomic E-state index is -0.254. The van der Waals surface area contributed by atoms with Crippen molar-refractivity contribution in [3.05, 3.63) is 71.4 Å². The Labute approximate surface area is 179 Å². The number of rotatable bonds is 6. The summed E-state index contributed by atoms with van der Waals surface area (Å²) < 4.78 is 2.42. The lowest BCUT2D eigenvalue weighted by atomic mass is 9.87. The highest BCUT2D eigenvalue weighted by atomic mass is 35.5. The number of aryl methyl sites for hydroxylation is 1. The number of benzene rings is 2. The van der Waals surface area contributed by atoms with Gasteiger partial charge in [0, 0.05) is 36.0 Å². The number of nitrogens with zero attached hydrogens (tertiary/aromatic N) is 1. The van der Waals surface area contributed by atoms with Gasteiger partial charge in [-0.25, -0.2) is 0 Å². The number of nitrogens with two attached hydrogens (primary N) is 1. The van der Waals surface area contributed by atoms with Gasteiger partial charge in [-0.3, -0.25) is 4.79 Å². The molecule has 0 saturated heterocycles. The van der Waals surface area contributed by atoms with E-state index in [9.17, 15) is 4.79 Å². The van der Waals surface area contributed by atoms with E-state index < -0.39 is 0 Å². The van der Waals surface area contributed by atoms with Gasteiger partial charge in [0.05, 0.1) is 0 Å². The highest BCUT2D eigenvalue weighted by molar-refractivity contribution is 5.86. The van der Waals surface area contributed by atoms with Gasteiger partial charge in [0.1, 0.15) is 0 Å². The molecule has 1 heterocycles. The van der Waals surface area contributed by atoms with Crippen molar-refractivity contribution in [2.75, 3.05) is 0 Å². The molecule has 29 heavy (non-hydrogen) atoms. The van der Waals surface area contributed by atoms with Crippen LogP contribution >= 0.6 is 12.4 Å². The van der Waals surface area contributed by atoms with Gasteiger partial charge in [0.25, 0.3) is 0 Å². The van der Waals surface area contributed by atoms with Crippen molar-refractivity contribution in [3.8, 4) is 0 Å². The SMILES string of the molecule is Cc1cccc(C(CC(N)=O)c2cn(CC3CCCCC3)c3ccccc23)c1.Cl. The van der Waals surface area contributed by atoms with E-state index in [1.54, 1.807) is 0 Å². The number of hydrogen-bond donors (Lipinski definition) is 1. The molecule has 4 rings (SSSR count). The third kappa shape index (κ3) is 4.84. The van der Waals surface area contributed by atoms with Crippen LogP contribution in [0.15, 0.2) is 54.7 Å². The Kier molecular flexibility index (Phi) is 7.02. The van der Waals surface area contributed by atoms with Crippen LogP contribution in [0.2, 0.25) is 0 Å². The van der Waals surface area contributed by atoms with Crippen molar-refractivity contribution in [3.63, 3.8) is 0 Å². The molecule has 1 aliphatic carbocycles. The normalized spacial score (nSPS) is 15.8. The molecule has 1 fully saturated rings. The smallest absolute Gasteiger partial charge is 0.218 e.